The van der Waals surface area contributed by atoms with E-state index in [4.69, 9.17) is 5.26 Å². The molecule has 6 nitrogen and oxygen atoms in total. The monoisotopic (exact) mass is 294 g/mol. The molecule has 6 heteroatoms. The Morgan fingerprint density at radius 3 is 2.27 bits per heavy atom. The second kappa shape index (κ2) is 7.45. The molecule has 0 spiro atoms. The average Bonchev–Trinajstić information content (AvgIpc) is 2.54. The molecule has 2 rings (SSSR count). The normalized spacial score (nSPS) is 9.41. The molecule has 2 aromatic rings. The van der Waals surface area contributed by atoms with Crippen LogP contribution in [0.5, 0.6) is 0 Å². The van der Waals surface area contributed by atoms with E-state index in [1.807, 2.05) is 12.1 Å². The molecule has 0 heterocycles. The van der Waals surface area contributed by atoms with E-state index in [1.165, 1.54) is 0 Å². The van der Waals surface area contributed by atoms with Gasteiger partial charge in [0.05, 0.1) is 18.2 Å². The van der Waals surface area contributed by atoms with Crippen LogP contribution in [-0.4, -0.2) is 18.5 Å². The summed E-state index contributed by atoms with van der Waals surface area (Å²) in [5, 5.41) is 16.3. The van der Waals surface area contributed by atoms with Crippen molar-refractivity contribution >= 4 is 23.3 Å². The third-order valence-electron chi connectivity index (χ3n) is 2.75. The molecule has 0 fully saturated rings. The van der Waals surface area contributed by atoms with E-state index in [0.29, 0.717) is 16.9 Å². The van der Waals surface area contributed by atoms with Gasteiger partial charge in [0.15, 0.2) is 0 Å². The van der Waals surface area contributed by atoms with Crippen molar-refractivity contribution in [3.05, 3.63) is 60.2 Å². The van der Waals surface area contributed by atoms with Crippen molar-refractivity contribution in [3.8, 4) is 6.07 Å². The van der Waals surface area contributed by atoms with Gasteiger partial charge in [-0.15, -0.1) is 0 Å². The average molecular weight is 294 g/mol. The fraction of sp³-hybridized carbons (Fsp3) is 0.0625. The first-order valence-corrected chi connectivity index (χ1v) is 6.57. The van der Waals surface area contributed by atoms with Gasteiger partial charge in [-0.2, -0.15) is 5.26 Å². The summed E-state index contributed by atoms with van der Waals surface area (Å²) in [5.41, 5.74) is 1.84. The zero-order chi connectivity index (χ0) is 15.8. The number of nitrogens with one attached hydrogen (secondary N) is 3. The fourth-order valence-electron chi connectivity index (χ4n) is 1.70. The van der Waals surface area contributed by atoms with Gasteiger partial charge in [0.25, 0.3) is 0 Å². The number of anilines is 2. The molecule has 0 aromatic heterocycles. The first kappa shape index (κ1) is 15.1. The van der Waals surface area contributed by atoms with Gasteiger partial charge in [0, 0.05) is 11.4 Å². The van der Waals surface area contributed by atoms with Crippen molar-refractivity contribution in [1.82, 2.24) is 5.32 Å². The molecule has 0 saturated heterocycles. The third-order valence-corrected chi connectivity index (χ3v) is 2.75. The number of hydrogen-bond acceptors (Lipinski definition) is 4. The Morgan fingerprint density at radius 2 is 1.64 bits per heavy atom. The van der Waals surface area contributed by atoms with Gasteiger partial charge in [-0.3, -0.25) is 10.1 Å². The number of imide groups is 1. The smallest absolute Gasteiger partial charge is 0.325 e. The van der Waals surface area contributed by atoms with Gasteiger partial charge in [-0.25, -0.2) is 4.79 Å². The predicted molar refractivity (Wildman–Crippen MR) is 83.3 cm³/mol. The number of carbonyl (C=O) groups is 2. The number of hydrogen-bond donors (Lipinski definition) is 3. The number of para-hydroxylation sites is 1. The Morgan fingerprint density at radius 1 is 0.955 bits per heavy atom. The zero-order valence-corrected chi connectivity index (χ0v) is 11.7. The first-order chi connectivity index (χ1) is 10.7. The molecule has 0 unspecified atom stereocenters. The van der Waals surface area contributed by atoms with Crippen LogP contribution in [-0.2, 0) is 4.79 Å². The molecule has 0 aliphatic rings. The summed E-state index contributed by atoms with van der Waals surface area (Å²) < 4.78 is 0. The Labute approximate surface area is 127 Å². The Hall–Kier alpha value is -3.33. The number of benzene rings is 2. The summed E-state index contributed by atoms with van der Waals surface area (Å²) in [4.78, 5) is 23.3. The molecule has 22 heavy (non-hydrogen) atoms. The van der Waals surface area contributed by atoms with E-state index < -0.39 is 11.9 Å². The van der Waals surface area contributed by atoms with E-state index in [2.05, 4.69) is 16.0 Å². The predicted octanol–water partition coefficient (Wildman–Crippen LogP) is 2.32. The zero-order valence-electron chi connectivity index (χ0n) is 11.7. The van der Waals surface area contributed by atoms with E-state index in [-0.39, 0.29) is 6.54 Å². The quantitative estimate of drug-likeness (QED) is 0.806. The number of urea groups is 1. The van der Waals surface area contributed by atoms with Crippen molar-refractivity contribution in [1.29, 1.82) is 5.26 Å². The second-order valence-corrected chi connectivity index (χ2v) is 4.41. The topological polar surface area (TPSA) is 94.0 Å². The number of nitriles is 1. The van der Waals surface area contributed by atoms with E-state index in [0.717, 1.165) is 0 Å². The first-order valence-electron chi connectivity index (χ1n) is 6.57. The van der Waals surface area contributed by atoms with Gasteiger partial charge in [-0.1, -0.05) is 18.2 Å². The van der Waals surface area contributed by atoms with E-state index in [9.17, 15) is 9.59 Å². The fourth-order valence-corrected chi connectivity index (χ4v) is 1.70. The summed E-state index contributed by atoms with van der Waals surface area (Å²) in [7, 11) is 0. The summed E-state index contributed by atoms with van der Waals surface area (Å²) in [6.45, 7) is -0.0475. The highest BCUT2D eigenvalue weighted by Gasteiger charge is 2.07. The summed E-state index contributed by atoms with van der Waals surface area (Å²) in [6, 6.07) is 16.9. The van der Waals surface area contributed by atoms with Gasteiger partial charge < -0.3 is 10.6 Å². The van der Waals surface area contributed by atoms with Crippen molar-refractivity contribution in [3.63, 3.8) is 0 Å². The lowest BCUT2D eigenvalue weighted by Crippen LogP contribution is -2.37. The Bertz CT molecular complexity index is 690. The van der Waals surface area contributed by atoms with E-state index in [1.54, 1.807) is 48.5 Å². The van der Waals surface area contributed by atoms with Crippen LogP contribution in [0.15, 0.2) is 54.6 Å². The Kier molecular flexibility index (Phi) is 5.10. The molecular weight excluding hydrogens is 280 g/mol. The van der Waals surface area contributed by atoms with Gasteiger partial charge in [0.2, 0.25) is 5.91 Å². The lowest BCUT2D eigenvalue weighted by Gasteiger charge is -2.08. The van der Waals surface area contributed by atoms with Crippen LogP contribution < -0.4 is 16.0 Å². The number of rotatable bonds is 4. The Balaban J connectivity index is 1.77. The largest absolute Gasteiger partial charge is 0.376 e. The highest BCUT2D eigenvalue weighted by atomic mass is 16.2. The molecule has 2 aromatic carbocycles. The molecule has 110 valence electrons. The number of carbonyl (C=O) groups excluding carboxylic acids is 2. The molecule has 3 amide bonds. The molecule has 0 bridgehead atoms. The lowest BCUT2D eigenvalue weighted by molar-refractivity contribution is -0.118. The van der Waals surface area contributed by atoms with Crippen LogP contribution in [0.25, 0.3) is 0 Å². The van der Waals surface area contributed by atoms with Crippen LogP contribution in [0.1, 0.15) is 5.56 Å². The minimum absolute atomic E-state index is 0.0475. The van der Waals surface area contributed by atoms with Crippen LogP contribution in [0.4, 0.5) is 16.2 Å². The maximum atomic E-state index is 11.7. The van der Waals surface area contributed by atoms with Crippen molar-refractivity contribution < 1.29 is 9.59 Å². The minimum Gasteiger partial charge on any atom is -0.376 e. The van der Waals surface area contributed by atoms with Crippen LogP contribution in [0, 0.1) is 11.3 Å². The molecule has 0 saturated carbocycles. The number of amides is 3. The maximum absolute atomic E-state index is 11.7. The lowest BCUT2D eigenvalue weighted by atomic mass is 10.2. The van der Waals surface area contributed by atoms with Crippen LogP contribution in [0.3, 0.4) is 0 Å². The SMILES string of the molecule is N#Cc1ccc(NCC(=O)NC(=O)Nc2ccccc2)cc1. The van der Waals surface area contributed by atoms with Crippen LogP contribution >= 0.6 is 0 Å². The van der Waals surface area contributed by atoms with Gasteiger partial charge in [0.1, 0.15) is 0 Å². The summed E-state index contributed by atoms with van der Waals surface area (Å²) >= 11 is 0. The van der Waals surface area contributed by atoms with E-state index >= 15 is 0 Å². The van der Waals surface area contributed by atoms with Crippen molar-refractivity contribution in [2.75, 3.05) is 17.2 Å². The summed E-state index contributed by atoms with van der Waals surface area (Å²) in [6.07, 6.45) is 0. The minimum atomic E-state index is -0.585. The molecule has 0 aliphatic carbocycles. The molecule has 0 radical (unpaired) electrons. The van der Waals surface area contributed by atoms with Crippen molar-refractivity contribution in [2.45, 2.75) is 0 Å². The highest BCUT2D eigenvalue weighted by Crippen LogP contribution is 2.08. The standard InChI is InChI=1S/C16H14N4O2/c17-10-12-6-8-13(9-7-12)18-11-15(21)20-16(22)19-14-4-2-1-3-5-14/h1-9,18H,11H2,(H2,19,20,21,22). The van der Waals surface area contributed by atoms with Crippen LogP contribution in [0.2, 0.25) is 0 Å². The molecule has 0 atom stereocenters. The maximum Gasteiger partial charge on any atom is 0.325 e. The second-order valence-electron chi connectivity index (χ2n) is 4.41. The highest BCUT2D eigenvalue weighted by molar-refractivity contribution is 6.02. The van der Waals surface area contributed by atoms with Gasteiger partial charge >= 0.3 is 6.03 Å². The van der Waals surface area contributed by atoms with Crippen molar-refractivity contribution in [2.24, 2.45) is 0 Å². The molecule has 0 aliphatic heterocycles. The molecular formula is C16H14N4O2. The molecule has 3 N–H and O–H groups in total. The van der Waals surface area contributed by atoms with Gasteiger partial charge in [-0.05, 0) is 36.4 Å². The summed E-state index contributed by atoms with van der Waals surface area (Å²) in [5.74, 6) is -0.460. The number of nitrogens with zero attached hydrogens (tertiary/aromatic N) is 1. The third kappa shape index (κ3) is 4.65.